The van der Waals surface area contributed by atoms with Crippen LogP contribution in [0.5, 0.6) is 0 Å². The van der Waals surface area contributed by atoms with Crippen molar-refractivity contribution < 1.29 is 22.7 Å². The van der Waals surface area contributed by atoms with Gasteiger partial charge >= 0.3 is 6.18 Å². The average molecular weight is 256 g/mol. The van der Waals surface area contributed by atoms with Gasteiger partial charge in [0.1, 0.15) is 13.2 Å². The Balaban J connectivity index is 3.41. The van der Waals surface area contributed by atoms with Gasteiger partial charge in [-0.2, -0.15) is 13.2 Å². The standard InChI is InChI=1S/C10H19F3N2O2/c1-8(5-14)3-2-4-15-9(16)6-17-7-10(11,12)13/h8H,2-7,14H2,1H3,(H,15,16). The zero-order chi connectivity index (χ0) is 13.3. The maximum Gasteiger partial charge on any atom is 0.411 e. The number of carbonyl (C=O) groups is 1. The smallest absolute Gasteiger partial charge is 0.362 e. The van der Waals surface area contributed by atoms with Gasteiger partial charge in [0.15, 0.2) is 0 Å². The molecule has 0 heterocycles. The normalized spacial score (nSPS) is 13.5. The number of halogens is 3. The molecular formula is C10H19F3N2O2. The number of rotatable bonds is 8. The van der Waals surface area contributed by atoms with E-state index in [0.717, 1.165) is 12.8 Å². The van der Waals surface area contributed by atoms with E-state index in [1.165, 1.54) is 0 Å². The fourth-order valence-corrected chi connectivity index (χ4v) is 1.11. The van der Waals surface area contributed by atoms with Crippen LogP contribution in [0.2, 0.25) is 0 Å². The van der Waals surface area contributed by atoms with E-state index >= 15 is 0 Å². The molecule has 0 saturated carbocycles. The highest BCUT2D eigenvalue weighted by Crippen LogP contribution is 2.13. The molecule has 1 atom stereocenters. The molecule has 4 nitrogen and oxygen atoms in total. The van der Waals surface area contributed by atoms with Crippen LogP contribution in [0.3, 0.4) is 0 Å². The lowest BCUT2D eigenvalue weighted by atomic mass is 10.1. The minimum absolute atomic E-state index is 0.383. The highest BCUT2D eigenvalue weighted by molar-refractivity contribution is 5.77. The molecule has 0 saturated heterocycles. The topological polar surface area (TPSA) is 64.3 Å². The van der Waals surface area contributed by atoms with E-state index in [9.17, 15) is 18.0 Å². The fraction of sp³-hybridized carbons (Fsp3) is 0.900. The Bertz CT molecular complexity index is 222. The molecule has 0 spiro atoms. The zero-order valence-corrected chi connectivity index (χ0v) is 9.85. The van der Waals surface area contributed by atoms with E-state index in [-0.39, 0.29) is 0 Å². The van der Waals surface area contributed by atoms with Crippen molar-refractivity contribution in [2.45, 2.75) is 25.9 Å². The van der Waals surface area contributed by atoms with Crippen LogP contribution in [0, 0.1) is 5.92 Å². The Hall–Kier alpha value is -0.820. The third kappa shape index (κ3) is 11.4. The summed E-state index contributed by atoms with van der Waals surface area (Å²) in [7, 11) is 0. The third-order valence-electron chi connectivity index (χ3n) is 2.10. The number of ether oxygens (including phenoxy) is 1. The Labute approximate surface area is 98.7 Å². The number of nitrogens with two attached hydrogens (primary N) is 1. The molecule has 1 unspecified atom stereocenters. The summed E-state index contributed by atoms with van der Waals surface area (Å²) >= 11 is 0. The second-order valence-electron chi connectivity index (χ2n) is 3.94. The second-order valence-corrected chi connectivity index (χ2v) is 3.94. The zero-order valence-electron chi connectivity index (χ0n) is 9.85. The predicted octanol–water partition coefficient (Wildman–Crippen LogP) is 1.06. The first kappa shape index (κ1) is 16.2. The van der Waals surface area contributed by atoms with Crippen molar-refractivity contribution in [1.29, 1.82) is 0 Å². The van der Waals surface area contributed by atoms with Gasteiger partial charge in [0, 0.05) is 6.54 Å². The van der Waals surface area contributed by atoms with E-state index in [4.69, 9.17) is 5.73 Å². The average Bonchev–Trinajstić information content (AvgIpc) is 2.22. The molecule has 0 radical (unpaired) electrons. The summed E-state index contributed by atoms with van der Waals surface area (Å²) in [5, 5.41) is 2.48. The summed E-state index contributed by atoms with van der Waals surface area (Å²) in [6.45, 7) is 1.05. The first-order chi connectivity index (χ1) is 7.85. The molecule has 0 rings (SSSR count). The van der Waals surface area contributed by atoms with Gasteiger partial charge in [-0.15, -0.1) is 0 Å². The Morgan fingerprint density at radius 1 is 1.47 bits per heavy atom. The van der Waals surface area contributed by atoms with E-state index in [1.54, 1.807) is 0 Å². The molecule has 0 fully saturated rings. The highest BCUT2D eigenvalue weighted by atomic mass is 19.4. The largest absolute Gasteiger partial charge is 0.411 e. The van der Waals surface area contributed by atoms with Crippen LogP contribution in [-0.2, 0) is 9.53 Å². The first-order valence-electron chi connectivity index (χ1n) is 5.46. The minimum atomic E-state index is -4.39. The van der Waals surface area contributed by atoms with Crippen molar-refractivity contribution in [3.63, 3.8) is 0 Å². The fourth-order valence-electron chi connectivity index (χ4n) is 1.11. The summed E-state index contributed by atoms with van der Waals surface area (Å²) < 4.78 is 39.2. The van der Waals surface area contributed by atoms with Crippen molar-refractivity contribution in [2.24, 2.45) is 11.7 Å². The van der Waals surface area contributed by atoms with Crippen LogP contribution in [0.15, 0.2) is 0 Å². The number of amides is 1. The van der Waals surface area contributed by atoms with Gasteiger partial charge < -0.3 is 15.8 Å². The van der Waals surface area contributed by atoms with Crippen LogP contribution in [-0.4, -0.2) is 38.4 Å². The SMILES string of the molecule is CC(CN)CCCNC(=O)COCC(F)(F)F. The summed E-state index contributed by atoms with van der Waals surface area (Å²) in [5.74, 6) is -0.150. The molecule has 3 N–H and O–H groups in total. The Morgan fingerprint density at radius 2 is 2.12 bits per heavy atom. The summed E-state index contributed by atoms with van der Waals surface area (Å²) in [4.78, 5) is 11.0. The van der Waals surface area contributed by atoms with Crippen molar-refractivity contribution in [2.75, 3.05) is 26.3 Å². The lowest BCUT2D eigenvalue weighted by molar-refractivity contribution is -0.175. The van der Waals surface area contributed by atoms with Gasteiger partial charge in [-0.1, -0.05) is 6.92 Å². The van der Waals surface area contributed by atoms with Gasteiger partial charge in [0.25, 0.3) is 0 Å². The molecule has 1 amide bonds. The third-order valence-corrected chi connectivity index (χ3v) is 2.10. The van der Waals surface area contributed by atoms with Crippen LogP contribution in [0.4, 0.5) is 13.2 Å². The molecule has 17 heavy (non-hydrogen) atoms. The number of alkyl halides is 3. The van der Waals surface area contributed by atoms with E-state index in [2.05, 4.69) is 10.1 Å². The summed E-state index contributed by atoms with van der Waals surface area (Å²) in [5.41, 5.74) is 5.41. The maximum atomic E-state index is 11.7. The summed E-state index contributed by atoms with van der Waals surface area (Å²) in [6.07, 6.45) is -2.76. The minimum Gasteiger partial charge on any atom is -0.362 e. The molecule has 0 aromatic rings. The molecule has 0 aliphatic carbocycles. The van der Waals surface area contributed by atoms with Gasteiger partial charge in [0.2, 0.25) is 5.91 Å². The molecule has 0 bridgehead atoms. The van der Waals surface area contributed by atoms with Crippen LogP contribution in [0.25, 0.3) is 0 Å². The first-order valence-corrected chi connectivity index (χ1v) is 5.46. The molecule has 0 aromatic heterocycles. The van der Waals surface area contributed by atoms with Crippen molar-refractivity contribution in [3.8, 4) is 0 Å². The number of hydrogen-bond donors (Lipinski definition) is 2. The predicted molar refractivity (Wildman–Crippen MR) is 57.3 cm³/mol. The molecular weight excluding hydrogens is 237 g/mol. The van der Waals surface area contributed by atoms with E-state index in [0.29, 0.717) is 19.0 Å². The van der Waals surface area contributed by atoms with Gasteiger partial charge in [0.05, 0.1) is 0 Å². The molecule has 7 heteroatoms. The number of hydrogen-bond acceptors (Lipinski definition) is 3. The molecule has 0 aliphatic heterocycles. The van der Waals surface area contributed by atoms with Crippen molar-refractivity contribution >= 4 is 5.91 Å². The van der Waals surface area contributed by atoms with Gasteiger partial charge in [-0.25, -0.2) is 0 Å². The Morgan fingerprint density at radius 3 is 2.65 bits per heavy atom. The lowest BCUT2D eigenvalue weighted by Crippen LogP contribution is -2.30. The van der Waals surface area contributed by atoms with E-state index in [1.807, 2.05) is 6.92 Å². The second kappa shape index (κ2) is 8.30. The van der Waals surface area contributed by atoms with Crippen molar-refractivity contribution in [1.82, 2.24) is 5.32 Å². The van der Waals surface area contributed by atoms with E-state index < -0.39 is 25.3 Å². The summed E-state index contributed by atoms with van der Waals surface area (Å²) in [6, 6.07) is 0. The van der Waals surface area contributed by atoms with Crippen LogP contribution >= 0.6 is 0 Å². The lowest BCUT2D eigenvalue weighted by Gasteiger charge is -2.10. The van der Waals surface area contributed by atoms with Crippen LogP contribution < -0.4 is 11.1 Å². The molecule has 0 aromatic carbocycles. The quantitative estimate of drug-likeness (QED) is 0.638. The number of carbonyl (C=O) groups excluding carboxylic acids is 1. The van der Waals surface area contributed by atoms with Gasteiger partial charge in [-0.05, 0) is 25.3 Å². The molecule has 102 valence electrons. The Kier molecular flexibility index (Phi) is 7.90. The number of nitrogens with one attached hydrogen (secondary N) is 1. The van der Waals surface area contributed by atoms with Crippen molar-refractivity contribution in [3.05, 3.63) is 0 Å². The highest BCUT2D eigenvalue weighted by Gasteiger charge is 2.27. The van der Waals surface area contributed by atoms with Gasteiger partial charge in [-0.3, -0.25) is 4.79 Å². The molecule has 0 aliphatic rings. The maximum absolute atomic E-state index is 11.7. The van der Waals surface area contributed by atoms with Crippen LogP contribution in [0.1, 0.15) is 19.8 Å². The monoisotopic (exact) mass is 256 g/mol.